The van der Waals surface area contributed by atoms with Crippen LogP contribution in [0.25, 0.3) is 11.3 Å². The zero-order chi connectivity index (χ0) is 28.2. The normalized spacial score (nSPS) is 24.4. The number of ether oxygens (including phenoxy) is 1. The number of nitrogens with one attached hydrogen (secondary N) is 1. The Morgan fingerprint density at radius 1 is 1.10 bits per heavy atom. The number of rotatable bonds is 6. The highest BCUT2D eigenvalue weighted by Gasteiger charge is 2.48. The number of aromatic nitrogens is 1. The van der Waals surface area contributed by atoms with Gasteiger partial charge in [-0.3, -0.25) is 0 Å². The van der Waals surface area contributed by atoms with E-state index in [1.165, 1.54) is 18.2 Å². The first-order valence-electron chi connectivity index (χ1n) is 13.4. The van der Waals surface area contributed by atoms with Crippen LogP contribution in [0.3, 0.4) is 0 Å². The highest BCUT2D eigenvalue weighted by Crippen LogP contribution is 2.47. The molecule has 4 atom stereocenters. The SMILES string of the molecule is C[C@@H]1CC2C[C@H](OCc3c(-c4c(Cl)cccc4Cl)noc3C3CC3)CC1N2C(=O)Nc1ccccc1C(F)(F)F. The number of amides is 2. The third kappa shape index (κ3) is 5.19. The molecule has 1 aliphatic carbocycles. The Kier molecular flexibility index (Phi) is 7.25. The van der Waals surface area contributed by atoms with Crippen LogP contribution >= 0.6 is 23.2 Å². The number of halogens is 5. The van der Waals surface area contributed by atoms with Crippen molar-refractivity contribution in [1.82, 2.24) is 10.1 Å². The summed E-state index contributed by atoms with van der Waals surface area (Å²) in [6.45, 7) is 2.33. The van der Waals surface area contributed by atoms with Gasteiger partial charge < -0.3 is 19.5 Å². The molecule has 6 rings (SSSR count). The van der Waals surface area contributed by atoms with Crippen LogP contribution in [0.15, 0.2) is 47.0 Å². The van der Waals surface area contributed by atoms with Gasteiger partial charge in [0.25, 0.3) is 0 Å². The Labute approximate surface area is 239 Å². The predicted molar refractivity (Wildman–Crippen MR) is 145 cm³/mol. The van der Waals surface area contributed by atoms with Gasteiger partial charge in [0.15, 0.2) is 0 Å². The first-order chi connectivity index (χ1) is 19.1. The quantitative estimate of drug-likeness (QED) is 0.311. The summed E-state index contributed by atoms with van der Waals surface area (Å²) in [5.41, 5.74) is 0.919. The van der Waals surface area contributed by atoms with Gasteiger partial charge in [0.05, 0.1) is 34.0 Å². The van der Waals surface area contributed by atoms with Gasteiger partial charge >= 0.3 is 12.2 Å². The number of fused-ring (bicyclic) bond motifs is 2. The largest absolute Gasteiger partial charge is 0.418 e. The molecular formula is C29H28Cl2F3N3O3. The average Bonchev–Trinajstić information content (AvgIpc) is 3.62. The van der Waals surface area contributed by atoms with Crippen molar-refractivity contribution in [2.75, 3.05) is 5.32 Å². The smallest absolute Gasteiger partial charge is 0.373 e. The van der Waals surface area contributed by atoms with Crippen molar-refractivity contribution < 1.29 is 27.2 Å². The van der Waals surface area contributed by atoms with E-state index in [1.807, 2.05) is 0 Å². The van der Waals surface area contributed by atoms with Gasteiger partial charge in [-0.15, -0.1) is 0 Å². The van der Waals surface area contributed by atoms with Crippen molar-refractivity contribution in [2.45, 2.75) is 75.9 Å². The summed E-state index contributed by atoms with van der Waals surface area (Å²) in [5, 5.41) is 7.79. The first-order valence-corrected chi connectivity index (χ1v) is 14.2. The summed E-state index contributed by atoms with van der Waals surface area (Å²) in [4.78, 5) is 15.0. The minimum atomic E-state index is -4.56. The maximum absolute atomic E-state index is 13.5. The number of carbonyl (C=O) groups is 1. The number of urea groups is 1. The van der Waals surface area contributed by atoms with E-state index in [2.05, 4.69) is 17.4 Å². The molecule has 6 nitrogen and oxygen atoms in total. The number of hydrogen-bond donors (Lipinski definition) is 1. The van der Waals surface area contributed by atoms with Crippen LogP contribution < -0.4 is 5.32 Å². The van der Waals surface area contributed by atoms with Gasteiger partial charge in [-0.1, -0.05) is 53.5 Å². The molecule has 1 aromatic heterocycles. The van der Waals surface area contributed by atoms with Crippen LogP contribution in [0.1, 0.15) is 61.8 Å². The molecule has 212 valence electrons. The van der Waals surface area contributed by atoms with Crippen LogP contribution in [-0.2, 0) is 17.5 Å². The van der Waals surface area contributed by atoms with E-state index >= 15 is 0 Å². The van der Waals surface area contributed by atoms with Crippen molar-refractivity contribution in [1.29, 1.82) is 0 Å². The van der Waals surface area contributed by atoms with Crippen LogP contribution in [0, 0.1) is 5.92 Å². The molecule has 40 heavy (non-hydrogen) atoms. The molecule has 3 heterocycles. The van der Waals surface area contributed by atoms with Crippen LogP contribution in [0.2, 0.25) is 10.0 Å². The maximum Gasteiger partial charge on any atom is 0.418 e. The topological polar surface area (TPSA) is 67.6 Å². The Morgan fingerprint density at radius 3 is 2.50 bits per heavy atom. The second-order valence-corrected chi connectivity index (χ2v) is 11.8. The predicted octanol–water partition coefficient (Wildman–Crippen LogP) is 8.53. The number of piperidine rings is 1. The molecule has 2 amide bonds. The van der Waals surface area contributed by atoms with E-state index in [1.54, 1.807) is 23.1 Å². The zero-order valence-corrected chi connectivity index (χ0v) is 23.2. The van der Waals surface area contributed by atoms with Crippen LogP contribution in [0.5, 0.6) is 0 Å². The molecule has 1 N–H and O–H groups in total. The summed E-state index contributed by atoms with van der Waals surface area (Å²) < 4.78 is 52.6. The van der Waals surface area contributed by atoms with E-state index in [0.29, 0.717) is 40.1 Å². The fourth-order valence-corrected chi connectivity index (χ4v) is 6.77. The fourth-order valence-electron chi connectivity index (χ4n) is 6.19. The summed E-state index contributed by atoms with van der Waals surface area (Å²) in [6, 6.07) is 9.52. The molecule has 3 aromatic rings. The molecule has 0 spiro atoms. The lowest BCUT2D eigenvalue weighted by atomic mass is 9.97. The standard InChI is InChI=1S/C29H28Cl2F3N3O3/c1-15-11-17-12-18(13-24(15)37(17)28(38)35-23-8-3-2-5-20(23)29(32,33)34)39-14-19-26(36-40-27(19)16-9-10-16)25-21(30)6-4-7-22(25)31/h2-8,15-18,24H,9-14H2,1H3,(H,35,38)/t15-,17?,18+,24?/m1/s1. The monoisotopic (exact) mass is 593 g/mol. The van der Waals surface area contributed by atoms with E-state index < -0.39 is 17.8 Å². The number of carbonyl (C=O) groups excluding carboxylic acids is 1. The number of nitrogens with zero attached hydrogens (tertiary/aromatic N) is 2. The molecule has 3 fully saturated rings. The molecule has 2 aromatic carbocycles. The molecule has 11 heteroatoms. The third-order valence-electron chi connectivity index (χ3n) is 8.23. The number of anilines is 1. The second kappa shape index (κ2) is 10.6. The molecular weight excluding hydrogens is 566 g/mol. The third-order valence-corrected chi connectivity index (χ3v) is 8.86. The van der Waals surface area contributed by atoms with Crippen molar-refractivity contribution in [3.8, 4) is 11.3 Å². The Hall–Kier alpha value is -2.75. The number of para-hydroxylation sites is 1. The number of benzene rings is 2. The summed E-state index contributed by atoms with van der Waals surface area (Å²) >= 11 is 13.0. The Bertz CT molecular complexity index is 1400. The molecule has 3 aliphatic rings. The number of hydrogen-bond acceptors (Lipinski definition) is 4. The van der Waals surface area contributed by atoms with Gasteiger partial charge in [0, 0.05) is 29.1 Å². The van der Waals surface area contributed by atoms with E-state index in [4.69, 9.17) is 32.5 Å². The first kappa shape index (κ1) is 27.4. The summed E-state index contributed by atoms with van der Waals surface area (Å²) in [7, 11) is 0. The molecule has 0 radical (unpaired) electrons. The Balaban J connectivity index is 1.18. The lowest BCUT2D eigenvalue weighted by Crippen LogP contribution is -2.51. The lowest BCUT2D eigenvalue weighted by molar-refractivity contribution is -0.136. The number of alkyl halides is 3. The van der Waals surface area contributed by atoms with E-state index in [0.717, 1.165) is 36.7 Å². The molecule has 1 saturated carbocycles. The lowest BCUT2D eigenvalue weighted by Gasteiger charge is -2.39. The Morgan fingerprint density at radius 2 is 1.82 bits per heavy atom. The van der Waals surface area contributed by atoms with Crippen molar-refractivity contribution >= 4 is 34.9 Å². The second-order valence-electron chi connectivity index (χ2n) is 11.0. The van der Waals surface area contributed by atoms with Crippen LogP contribution in [-0.4, -0.2) is 34.3 Å². The minimum Gasteiger partial charge on any atom is -0.373 e. The average molecular weight is 594 g/mol. The molecule has 2 unspecified atom stereocenters. The molecule has 2 saturated heterocycles. The van der Waals surface area contributed by atoms with Crippen molar-refractivity contribution in [2.24, 2.45) is 5.92 Å². The van der Waals surface area contributed by atoms with Gasteiger partial charge in [-0.05, 0) is 62.3 Å². The van der Waals surface area contributed by atoms with Crippen LogP contribution in [0.4, 0.5) is 23.7 Å². The summed E-state index contributed by atoms with van der Waals surface area (Å²) in [5.74, 6) is 1.28. The molecule has 2 bridgehead atoms. The van der Waals surface area contributed by atoms with Crippen molar-refractivity contribution in [3.05, 3.63) is 69.4 Å². The summed E-state index contributed by atoms with van der Waals surface area (Å²) in [6.07, 6.45) is -0.733. The fraction of sp³-hybridized carbons (Fsp3) is 0.448. The highest BCUT2D eigenvalue weighted by atomic mass is 35.5. The van der Waals surface area contributed by atoms with E-state index in [9.17, 15) is 18.0 Å². The van der Waals surface area contributed by atoms with Gasteiger partial charge in [0.1, 0.15) is 11.5 Å². The van der Waals surface area contributed by atoms with Gasteiger partial charge in [0.2, 0.25) is 0 Å². The minimum absolute atomic E-state index is 0.136. The highest BCUT2D eigenvalue weighted by molar-refractivity contribution is 6.39. The van der Waals surface area contributed by atoms with Crippen molar-refractivity contribution in [3.63, 3.8) is 0 Å². The maximum atomic E-state index is 13.5. The van der Waals surface area contributed by atoms with Gasteiger partial charge in [-0.2, -0.15) is 13.2 Å². The van der Waals surface area contributed by atoms with Gasteiger partial charge in [-0.25, -0.2) is 4.79 Å². The molecule has 2 aliphatic heterocycles. The van der Waals surface area contributed by atoms with E-state index in [-0.39, 0.29) is 36.4 Å². The zero-order valence-electron chi connectivity index (χ0n) is 21.7.